The van der Waals surface area contributed by atoms with E-state index in [2.05, 4.69) is 35.4 Å². The van der Waals surface area contributed by atoms with Gasteiger partial charge in [-0.1, -0.05) is 6.92 Å². The molecule has 0 aliphatic rings. The fourth-order valence-electron chi connectivity index (χ4n) is 1.05. The van der Waals surface area contributed by atoms with Crippen molar-refractivity contribution >= 4 is 0 Å². The Labute approximate surface area is 78.9 Å². The van der Waals surface area contributed by atoms with Crippen LogP contribution in [0.2, 0.25) is 0 Å². The minimum absolute atomic E-state index is 0.355. The van der Waals surface area contributed by atoms with E-state index in [-0.39, 0.29) is 0 Å². The first kappa shape index (κ1) is 10.2. The van der Waals surface area contributed by atoms with Crippen LogP contribution < -0.4 is 11.1 Å². The molecule has 0 bridgehead atoms. The van der Waals surface area contributed by atoms with Crippen molar-refractivity contribution in [1.29, 1.82) is 0 Å². The highest BCUT2D eigenvalue weighted by Crippen LogP contribution is 1.99. The van der Waals surface area contributed by atoms with Crippen LogP contribution in [-0.2, 0) is 13.0 Å². The molecule has 1 atom stereocenters. The van der Waals surface area contributed by atoms with E-state index in [1.807, 2.05) is 0 Å². The van der Waals surface area contributed by atoms with Crippen LogP contribution in [0.5, 0.6) is 0 Å². The average molecular weight is 182 g/mol. The van der Waals surface area contributed by atoms with Gasteiger partial charge in [0.15, 0.2) is 0 Å². The van der Waals surface area contributed by atoms with Gasteiger partial charge in [-0.25, -0.2) is 0 Å². The fourth-order valence-corrected chi connectivity index (χ4v) is 1.05. The van der Waals surface area contributed by atoms with Gasteiger partial charge in [0.05, 0.1) is 5.69 Å². The van der Waals surface area contributed by atoms with E-state index in [9.17, 15) is 0 Å². The van der Waals surface area contributed by atoms with Crippen LogP contribution in [0.15, 0.2) is 6.07 Å². The molecule has 74 valence electrons. The standard InChI is InChI=1S/C9H18N4/c1-3-8-4-9(13-12-8)6-11-7(2)5-10/h4,7,11H,3,5-6,10H2,1-2H3,(H,12,13). The van der Waals surface area contributed by atoms with Crippen molar-refractivity contribution in [3.05, 3.63) is 17.5 Å². The number of hydrogen-bond donors (Lipinski definition) is 3. The van der Waals surface area contributed by atoms with Crippen LogP contribution >= 0.6 is 0 Å². The van der Waals surface area contributed by atoms with Gasteiger partial charge < -0.3 is 11.1 Å². The predicted octanol–water partition coefficient (Wildman–Crippen LogP) is 0.409. The van der Waals surface area contributed by atoms with Gasteiger partial charge in [0.2, 0.25) is 0 Å². The molecule has 0 aliphatic heterocycles. The summed E-state index contributed by atoms with van der Waals surface area (Å²) in [4.78, 5) is 0. The van der Waals surface area contributed by atoms with E-state index in [0.29, 0.717) is 12.6 Å². The van der Waals surface area contributed by atoms with Crippen LogP contribution in [0.25, 0.3) is 0 Å². The second-order valence-corrected chi connectivity index (χ2v) is 3.26. The predicted molar refractivity (Wildman–Crippen MR) is 53.3 cm³/mol. The Bertz CT molecular complexity index is 244. The third kappa shape index (κ3) is 3.16. The monoisotopic (exact) mass is 182 g/mol. The zero-order chi connectivity index (χ0) is 9.68. The van der Waals surface area contributed by atoms with Crippen LogP contribution in [0, 0.1) is 0 Å². The van der Waals surface area contributed by atoms with Gasteiger partial charge in [-0.15, -0.1) is 0 Å². The van der Waals surface area contributed by atoms with Crippen LogP contribution in [0.3, 0.4) is 0 Å². The molecular weight excluding hydrogens is 164 g/mol. The van der Waals surface area contributed by atoms with Crippen molar-refractivity contribution in [1.82, 2.24) is 15.5 Å². The van der Waals surface area contributed by atoms with Gasteiger partial charge in [0.1, 0.15) is 0 Å². The fraction of sp³-hybridized carbons (Fsp3) is 0.667. The number of hydrogen-bond acceptors (Lipinski definition) is 3. The summed E-state index contributed by atoms with van der Waals surface area (Å²) in [6.45, 7) is 5.63. The first-order valence-electron chi connectivity index (χ1n) is 4.72. The molecule has 4 heteroatoms. The quantitative estimate of drug-likeness (QED) is 0.618. The molecule has 0 aliphatic carbocycles. The Morgan fingerprint density at radius 2 is 2.46 bits per heavy atom. The summed E-state index contributed by atoms with van der Waals surface area (Å²) in [6, 6.07) is 2.43. The maximum absolute atomic E-state index is 5.48. The van der Waals surface area contributed by atoms with Crippen LogP contribution in [0.4, 0.5) is 0 Å². The SMILES string of the molecule is CCc1cc(CNC(C)CN)[nH]n1. The van der Waals surface area contributed by atoms with Crippen molar-refractivity contribution in [2.45, 2.75) is 32.9 Å². The summed E-state index contributed by atoms with van der Waals surface area (Å²) in [5.74, 6) is 0. The van der Waals surface area contributed by atoms with E-state index in [4.69, 9.17) is 5.73 Å². The van der Waals surface area contributed by atoms with Crippen molar-refractivity contribution in [2.24, 2.45) is 5.73 Å². The number of aromatic amines is 1. The zero-order valence-corrected chi connectivity index (χ0v) is 8.30. The zero-order valence-electron chi connectivity index (χ0n) is 8.30. The summed E-state index contributed by atoms with van der Waals surface area (Å²) in [5.41, 5.74) is 7.71. The summed E-state index contributed by atoms with van der Waals surface area (Å²) in [6.07, 6.45) is 0.975. The minimum Gasteiger partial charge on any atom is -0.329 e. The maximum Gasteiger partial charge on any atom is 0.0622 e. The average Bonchev–Trinajstić information content (AvgIpc) is 2.61. The summed E-state index contributed by atoms with van der Waals surface area (Å²) in [5, 5.41) is 10.4. The molecule has 0 radical (unpaired) electrons. The molecular formula is C9H18N4. The van der Waals surface area contributed by atoms with Crippen LogP contribution in [-0.4, -0.2) is 22.8 Å². The third-order valence-corrected chi connectivity index (χ3v) is 2.04. The topological polar surface area (TPSA) is 66.7 Å². The Morgan fingerprint density at radius 1 is 1.69 bits per heavy atom. The molecule has 0 aromatic carbocycles. The van der Waals surface area contributed by atoms with Crippen LogP contribution in [0.1, 0.15) is 25.2 Å². The number of rotatable bonds is 5. The lowest BCUT2D eigenvalue weighted by molar-refractivity contribution is 0.550. The lowest BCUT2D eigenvalue weighted by atomic mass is 10.3. The van der Waals surface area contributed by atoms with Gasteiger partial charge in [-0.05, 0) is 19.4 Å². The number of nitrogens with zero attached hydrogens (tertiary/aromatic N) is 1. The molecule has 1 rings (SSSR count). The molecule has 0 saturated heterocycles. The van der Waals surface area contributed by atoms with E-state index < -0.39 is 0 Å². The Balaban J connectivity index is 2.36. The first-order chi connectivity index (χ1) is 6.26. The maximum atomic E-state index is 5.48. The van der Waals surface area contributed by atoms with Gasteiger partial charge in [0.25, 0.3) is 0 Å². The molecule has 4 N–H and O–H groups in total. The molecule has 1 aromatic rings. The van der Waals surface area contributed by atoms with Gasteiger partial charge in [-0.3, -0.25) is 5.10 Å². The largest absolute Gasteiger partial charge is 0.329 e. The Morgan fingerprint density at radius 3 is 3.00 bits per heavy atom. The van der Waals surface area contributed by atoms with E-state index in [1.165, 1.54) is 0 Å². The highest BCUT2D eigenvalue weighted by Gasteiger charge is 2.01. The molecule has 0 spiro atoms. The summed E-state index contributed by atoms with van der Waals surface area (Å²) < 4.78 is 0. The van der Waals surface area contributed by atoms with Crippen molar-refractivity contribution in [3.63, 3.8) is 0 Å². The van der Waals surface area contributed by atoms with Crippen molar-refractivity contribution in [3.8, 4) is 0 Å². The highest BCUT2D eigenvalue weighted by molar-refractivity contribution is 5.08. The number of aryl methyl sites for hydroxylation is 1. The highest BCUT2D eigenvalue weighted by atomic mass is 15.1. The second kappa shape index (κ2) is 4.99. The molecule has 4 nitrogen and oxygen atoms in total. The smallest absolute Gasteiger partial charge is 0.0622 e. The van der Waals surface area contributed by atoms with E-state index in [1.54, 1.807) is 0 Å². The molecule has 0 saturated carbocycles. The summed E-state index contributed by atoms with van der Waals surface area (Å²) in [7, 11) is 0. The molecule has 0 amide bonds. The number of H-pyrrole nitrogens is 1. The van der Waals surface area contributed by atoms with Crippen molar-refractivity contribution in [2.75, 3.05) is 6.54 Å². The van der Waals surface area contributed by atoms with E-state index in [0.717, 1.165) is 24.4 Å². The number of aromatic nitrogens is 2. The molecule has 1 heterocycles. The second-order valence-electron chi connectivity index (χ2n) is 3.26. The molecule has 1 aromatic heterocycles. The number of nitrogens with one attached hydrogen (secondary N) is 2. The van der Waals surface area contributed by atoms with Gasteiger partial charge >= 0.3 is 0 Å². The lowest BCUT2D eigenvalue weighted by Gasteiger charge is -2.08. The number of nitrogens with two attached hydrogens (primary N) is 1. The molecule has 13 heavy (non-hydrogen) atoms. The Hall–Kier alpha value is -0.870. The molecule has 0 fully saturated rings. The Kier molecular flexibility index (Phi) is 3.92. The first-order valence-corrected chi connectivity index (χ1v) is 4.72. The van der Waals surface area contributed by atoms with Gasteiger partial charge in [-0.2, -0.15) is 5.10 Å². The summed E-state index contributed by atoms with van der Waals surface area (Å²) >= 11 is 0. The normalized spacial score (nSPS) is 13.2. The third-order valence-electron chi connectivity index (χ3n) is 2.04. The van der Waals surface area contributed by atoms with Crippen molar-refractivity contribution < 1.29 is 0 Å². The lowest BCUT2D eigenvalue weighted by Crippen LogP contribution is -2.32. The van der Waals surface area contributed by atoms with Gasteiger partial charge in [0, 0.05) is 24.8 Å². The minimum atomic E-state index is 0.355. The molecule has 1 unspecified atom stereocenters. The van der Waals surface area contributed by atoms with E-state index >= 15 is 0 Å².